The Labute approximate surface area is 125 Å². The van der Waals surface area contributed by atoms with Crippen LogP contribution in [0.3, 0.4) is 0 Å². The van der Waals surface area contributed by atoms with Crippen molar-refractivity contribution in [2.45, 2.75) is 18.8 Å². The second kappa shape index (κ2) is 5.51. The van der Waals surface area contributed by atoms with Gasteiger partial charge in [-0.3, -0.25) is 4.79 Å². The molecule has 3 N–H and O–H groups in total. The summed E-state index contributed by atoms with van der Waals surface area (Å²) in [5.41, 5.74) is 7.58. The van der Waals surface area contributed by atoms with Gasteiger partial charge in [-0.2, -0.15) is 0 Å². The Morgan fingerprint density at radius 3 is 2.68 bits per heavy atom. The lowest BCUT2D eigenvalue weighted by Crippen LogP contribution is -2.23. The Morgan fingerprint density at radius 2 is 2.00 bits per heavy atom. The van der Waals surface area contributed by atoms with Crippen molar-refractivity contribution in [2.24, 2.45) is 5.16 Å². The van der Waals surface area contributed by atoms with E-state index in [2.05, 4.69) is 15.1 Å². The molecule has 7 heteroatoms. The van der Waals surface area contributed by atoms with Crippen LogP contribution in [0.4, 0.5) is 10.3 Å². The van der Waals surface area contributed by atoms with E-state index in [1.54, 1.807) is 12.1 Å². The summed E-state index contributed by atoms with van der Waals surface area (Å²) in [5, 5.41) is 11.6. The van der Waals surface area contributed by atoms with E-state index in [-0.39, 0.29) is 35.6 Å². The first-order valence-corrected chi connectivity index (χ1v) is 6.71. The number of nitrogens with zero attached hydrogens (tertiary/aromatic N) is 3. The maximum atomic E-state index is 13.0. The number of ketones is 1. The first-order valence-electron chi connectivity index (χ1n) is 6.71. The third-order valence-corrected chi connectivity index (χ3v) is 3.70. The SMILES string of the molecule is Nc1nc(C=NO)c2c(n1)CC(c1ccc(F)cc1)CC2=O. The summed E-state index contributed by atoms with van der Waals surface area (Å²) in [7, 11) is 0. The number of benzene rings is 1. The first-order chi connectivity index (χ1) is 10.6. The van der Waals surface area contributed by atoms with Gasteiger partial charge in [-0.25, -0.2) is 14.4 Å². The molecule has 2 aromatic rings. The molecule has 0 bridgehead atoms. The van der Waals surface area contributed by atoms with E-state index in [0.717, 1.165) is 11.8 Å². The molecule has 0 radical (unpaired) electrons. The Kier molecular flexibility index (Phi) is 3.54. The fraction of sp³-hybridized carbons (Fsp3) is 0.200. The van der Waals surface area contributed by atoms with Gasteiger partial charge >= 0.3 is 0 Å². The summed E-state index contributed by atoms with van der Waals surface area (Å²) in [5.74, 6) is -0.542. The van der Waals surface area contributed by atoms with Crippen molar-refractivity contribution in [3.8, 4) is 0 Å². The zero-order valence-corrected chi connectivity index (χ0v) is 11.5. The Bertz CT molecular complexity index is 759. The number of rotatable bonds is 2. The van der Waals surface area contributed by atoms with Crippen LogP contribution in [0.15, 0.2) is 29.4 Å². The minimum atomic E-state index is -0.320. The van der Waals surface area contributed by atoms with E-state index < -0.39 is 0 Å². The predicted molar refractivity (Wildman–Crippen MR) is 77.6 cm³/mol. The fourth-order valence-corrected chi connectivity index (χ4v) is 2.75. The number of hydrogen-bond donors (Lipinski definition) is 2. The third-order valence-electron chi connectivity index (χ3n) is 3.70. The van der Waals surface area contributed by atoms with E-state index in [1.807, 2.05) is 0 Å². The largest absolute Gasteiger partial charge is 0.411 e. The van der Waals surface area contributed by atoms with Crippen molar-refractivity contribution in [3.05, 3.63) is 52.6 Å². The molecule has 3 rings (SSSR count). The molecule has 22 heavy (non-hydrogen) atoms. The summed E-state index contributed by atoms with van der Waals surface area (Å²) in [6.07, 6.45) is 1.83. The van der Waals surface area contributed by atoms with Gasteiger partial charge in [0.15, 0.2) is 5.78 Å². The van der Waals surface area contributed by atoms with Gasteiger partial charge in [0.1, 0.15) is 11.5 Å². The van der Waals surface area contributed by atoms with Crippen LogP contribution in [-0.2, 0) is 6.42 Å². The number of oxime groups is 1. The zero-order valence-electron chi connectivity index (χ0n) is 11.5. The molecule has 112 valence electrons. The maximum Gasteiger partial charge on any atom is 0.220 e. The van der Waals surface area contributed by atoms with E-state index in [1.165, 1.54) is 12.1 Å². The molecule has 0 aliphatic heterocycles. The molecule has 1 heterocycles. The lowest BCUT2D eigenvalue weighted by atomic mass is 9.81. The summed E-state index contributed by atoms with van der Waals surface area (Å²) in [6, 6.07) is 6.07. The topological polar surface area (TPSA) is 101 Å². The highest BCUT2D eigenvalue weighted by Crippen LogP contribution is 2.33. The molecule has 0 amide bonds. The number of anilines is 1. The number of carbonyl (C=O) groups is 1. The molecule has 1 unspecified atom stereocenters. The highest BCUT2D eigenvalue weighted by Gasteiger charge is 2.30. The highest BCUT2D eigenvalue weighted by molar-refractivity contribution is 6.04. The van der Waals surface area contributed by atoms with Crippen molar-refractivity contribution < 1.29 is 14.4 Å². The van der Waals surface area contributed by atoms with Gasteiger partial charge in [0.05, 0.1) is 17.5 Å². The van der Waals surface area contributed by atoms with Gasteiger partial charge in [0.25, 0.3) is 0 Å². The van der Waals surface area contributed by atoms with Crippen LogP contribution >= 0.6 is 0 Å². The third kappa shape index (κ3) is 2.52. The minimum absolute atomic E-state index is 0.0150. The Morgan fingerprint density at radius 1 is 1.27 bits per heavy atom. The zero-order chi connectivity index (χ0) is 15.7. The first kappa shape index (κ1) is 14.1. The molecule has 1 aromatic carbocycles. The van der Waals surface area contributed by atoms with Crippen LogP contribution in [0.5, 0.6) is 0 Å². The fourth-order valence-electron chi connectivity index (χ4n) is 2.75. The Hall–Kier alpha value is -2.83. The van der Waals surface area contributed by atoms with Crippen LogP contribution in [0, 0.1) is 5.82 Å². The van der Waals surface area contributed by atoms with E-state index in [0.29, 0.717) is 17.7 Å². The maximum absolute atomic E-state index is 13.0. The summed E-state index contributed by atoms with van der Waals surface area (Å²) in [6.45, 7) is 0. The van der Waals surface area contributed by atoms with Gasteiger partial charge in [-0.1, -0.05) is 17.3 Å². The molecule has 1 aliphatic carbocycles. The molecule has 1 atom stereocenters. The van der Waals surface area contributed by atoms with Gasteiger partial charge in [0.2, 0.25) is 5.95 Å². The quantitative estimate of drug-likeness (QED) is 0.501. The number of Topliss-reactive ketones (excluding diaryl/α,β-unsaturated/α-hetero) is 1. The average molecular weight is 300 g/mol. The van der Waals surface area contributed by atoms with Gasteiger partial charge in [0, 0.05) is 6.42 Å². The van der Waals surface area contributed by atoms with Crippen LogP contribution < -0.4 is 5.73 Å². The smallest absolute Gasteiger partial charge is 0.220 e. The summed E-state index contributed by atoms with van der Waals surface area (Å²) >= 11 is 0. The van der Waals surface area contributed by atoms with E-state index in [4.69, 9.17) is 10.9 Å². The molecular formula is C15H13FN4O2. The number of aromatic nitrogens is 2. The molecule has 1 aliphatic rings. The molecule has 6 nitrogen and oxygen atoms in total. The van der Waals surface area contributed by atoms with Crippen molar-refractivity contribution in [1.82, 2.24) is 9.97 Å². The second-order valence-corrected chi connectivity index (χ2v) is 5.11. The summed E-state index contributed by atoms with van der Waals surface area (Å²) < 4.78 is 13.0. The molecule has 0 saturated heterocycles. The average Bonchev–Trinajstić information content (AvgIpc) is 2.47. The van der Waals surface area contributed by atoms with E-state index >= 15 is 0 Å². The normalized spacial score (nSPS) is 17.7. The Balaban J connectivity index is 2.02. The number of nitrogens with two attached hydrogens (primary N) is 1. The molecule has 0 fully saturated rings. The number of carbonyl (C=O) groups excluding carboxylic acids is 1. The number of hydrogen-bond acceptors (Lipinski definition) is 6. The molecule has 0 saturated carbocycles. The molecular weight excluding hydrogens is 287 g/mol. The summed E-state index contributed by atoms with van der Waals surface area (Å²) in [4.78, 5) is 20.5. The number of fused-ring (bicyclic) bond motifs is 1. The highest BCUT2D eigenvalue weighted by atomic mass is 19.1. The van der Waals surface area contributed by atoms with Gasteiger partial charge < -0.3 is 10.9 Å². The van der Waals surface area contributed by atoms with Crippen LogP contribution in [0.1, 0.15) is 39.6 Å². The van der Waals surface area contributed by atoms with Gasteiger partial charge in [-0.15, -0.1) is 0 Å². The number of halogens is 1. The van der Waals surface area contributed by atoms with Crippen molar-refractivity contribution in [2.75, 3.05) is 5.73 Å². The van der Waals surface area contributed by atoms with Crippen molar-refractivity contribution in [1.29, 1.82) is 0 Å². The second-order valence-electron chi connectivity index (χ2n) is 5.11. The van der Waals surface area contributed by atoms with Crippen LogP contribution in [-0.4, -0.2) is 27.2 Å². The van der Waals surface area contributed by atoms with Crippen molar-refractivity contribution >= 4 is 17.9 Å². The minimum Gasteiger partial charge on any atom is -0.411 e. The van der Waals surface area contributed by atoms with Gasteiger partial charge in [-0.05, 0) is 30.0 Å². The van der Waals surface area contributed by atoms with Crippen LogP contribution in [0.2, 0.25) is 0 Å². The standard InChI is InChI=1S/C15H13FN4O2/c16-10-3-1-8(2-4-10)9-5-11-14(13(21)6-9)12(7-18-22)20-15(17)19-11/h1-4,7,9,22H,5-6H2,(H2,17,19,20). The molecule has 1 aromatic heterocycles. The predicted octanol–water partition coefficient (Wildman–Crippen LogP) is 1.92. The number of nitrogen functional groups attached to an aromatic ring is 1. The lowest BCUT2D eigenvalue weighted by Gasteiger charge is -2.24. The van der Waals surface area contributed by atoms with E-state index in [9.17, 15) is 9.18 Å². The lowest BCUT2D eigenvalue weighted by molar-refractivity contribution is 0.0962. The van der Waals surface area contributed by atoms with Crippen LogP contribution in [0.25, 0.3) is 0 Å². The van der Waals surface area contributed by atoms with Crippen molar-refractivity contribution in [3.63, 3.8) is 0 Å². The monoisotopic (exact) mass is 300 g/mol. The molecule has 0 spiro atoms.